The molecule has 5 heteroatoms. The smallest absolute Gasteiger partial charge is 0.278 e. The lowest BCUT2D eigenvalue weighted by Gasteiger charge is -2.00. The fourth-order valence-corrected chi connectivity index (χ4v) is 1.33. The molecule has 1 unspecified atom stereocenters. The summed E-state index contributed by atoms with van der Waals surface area (Å²) in [7, 11) is 0. The van der Waals surface area contributed by atoms with Crippen LogP contribution >= 0.6 is 11.6 Å². The maximum Gasteiger partial charge on any atom is 0.278 e. The van der Waals surface area contributed by atoms with Crippen molar-refractivity contribution < 1.29 is 4.92 Å². The third-order valence-corrected chi connectivity index (χ3v) is 2.12. The Bertz CT molecular complexity index is 402. The first kappa shape index (κ1) is 11.7. The van der Waals surface area contributed by atoms with Crippen molar-refractivity contribution in [2.75, 3.05) is 0 Å². The largest absolute Gasteiger partial charge is 0.325 e. The molecule has 0 fully saturated rings. The maximum atomic E-state index is 10.7. The highest BCUT2D eigenvalue weighted by Crippen LogP contribution is 2.27. The van der Waals surface area contributed by atoms with Crippen LogP contribution in [0.25, 0.3) is 6.08 Å². The Balaban J connectivity index is 3.19. The van der Waals surface area contributed by atoms with Crippen molar-refractivity contribution in [2.45, 2.75) is 13.0 Å². The molecule has 0 spiro atoms. The Kier molecular flexibility index (Phi) is 3.82. The Morgan fingerprint density at radius 2 is 2.27 bits per heavy atom. The molecule has 0 aromatic heterocycles. The molecule has 0 bridgehead atoms. The molecule has 0 saturated carbocycles. The van der Waals surface area contributed by atoms with Crippen LogP contribution in [-0.4, -0.2) is 11.0 Å². The van der Waals surface area contributed by atoms with Gasteiger partial charge in [-0.1, -0.05) is 23.7 Å². The molecule has 0 aliphatic rings. The van der Waals surface area contributed by atoms with E-state index in [1.54, 1.807) is 31.2 Å². The first-order valence-corrected chi connectivity index (χ1v) is 4.77. The molecule has 0 amide bonds. The molecule has 1 aromatic rings. The number of benzene rings is 1. The molecule has 0 saturated heterocycles. The third kappa shape index (κ3) is 3.04. The predicted molar refractivity (Wildman–Crippen MR) is 60.8 cm³/mol. The van der Waals surface area contributed by atoms with Crippen molar-refractivity contribution >= 4 is 23.4 Å². The van der Waals surface area contributed by atoms with E-state index in [1.807, 2.05) is 0 Å². The number of nitro benzene ring substituents is 1. The van der Waals surface area contributed by atoms with E-state index in [9.17, 15) is 10.1 Å². The minimum absolute atomic E-state index is 0.0144. The second kappa shape index (κ2) is 4.91. The van der Waals surface area contributed by atoms with Crippen LogP contribution in [0.15, 0.2) is 24.3 Å². The fourth-order valence-electron chi connectivity index (χ4n) is 1.10. The average molecular weight is 227 g/mol. The van der Waals surface area contributed by atoms with Gasteiger partial charge in [0.25, 0.3) is 5.69 Å². The Labute approximate surface area is 92.5 Å². The van der Waals surface area contributed by atoms with Crippen LogP contribution in [0.1, 0.15) is 12.5 Å². The summed E-state index contributed by atoms with van der Waals surface area (Å²) in [6.45, 7) is 1.78. The summed E-state index contributed by atoms with van der Waals surface area (Å²) in [6.07, 6.45) is 3.24. The molecular formula is C10H11ClN2O2. The second-order valence-corrected chi connectivity index (χ2v) is 3.56. The standard InChI is InChI=1S/C10H11ClN2O2/c1-7(12)5-6-8-9(11)3-2-4-10(8)13(14)15/h2-7H,12H2,1H3/b6-5+. The van der Waals surface area contributed by atoms with Gasteiger partial charge in [0.15, 0.2) is 0 Å². The van der Waals surface area contributed by atoms with Gasteiger partial charge in [0.1, 0.15) is 0 Å². The van der Waals surface area contributed by atoms with Crippen molar-refractivity contribution in [3.05, 3.63) is 45.0 Å². The summed E-state index contributed by atoms with van der Waals surface area (Å²) in [4.78, 5) is 10.2. The lowest BCUT2D eigenvalue weighted by atomic mass is 10.1. The number of halogens is 1. The highest BCUT2D eigenvalue weighted by atomic mass is 35.5. The molecule has 80 valence electrons. The normalized spacial score (nSPS) is 13.0. The van der Waals surface area contributed by atoms with Gasteiger partial charge in [-0.05, 0) is 19.1 Å². The van der Waals surface area contributed by atoms with Crippen LogP contribution in [0, 0.1) is 10.1 Å². The van der Waals surface area contributed by atoms with Gasteiger partial charge in [-0.3, -0.25) is 10.1 Å². The maximum absolute atomic E-state index is 10.7. The summed E-state index contributed by atoms with van der Waals surface area (Å²) in [6, 6.07) is 4.40. The molecule has 1 rings (SSSR count). The van der Waals surface area contributed by atoms with E-state index in [2.05, 4.69) is 0 Å². The van der Waals surface area contributed by atoms with Gasteiger partial charge < -0.3 is 5.73 Å². The zero-order valence-electron chi connectivity index (χ0n) is 8.18. The number of hydrogen-bond donors (Lipinski definition) is 1. The molecule has 0 heterocycles. The lowest BCUT2D eigenvalue weighted by Crippen LogP contribution is -2.10. The van der Waals surface area contributed by atoms with E-state index in [1.165, 1.54) is 6.07 Å². The van der Waals surface area contributed by atoms with Gasteiger partial charge in [0.05, 0.1) is 15.5 Å². The molecule has 0 radical (unpaired) electrons. The first-order chi connectivity index (χ1) is 7.02. The van der Waals surface area contributed by atoms with E-state index in [0.29, 0.717) is 10.6 Å². The highest BCUT2D eigenvalue weighted by Gasteiger charge is 2.13. The van der Waals surface area contributed by atoms with E-state index in [0.717, 1.165) is 0 Å². The Morgan fingerprint density at radius 1 is 1.60 bits per heavy atom. The molecule has 0 aliphatic heterocycles. The quantitative estimate of drug-likeness (QED) is 0.636. The predicted octanol–water partition coefficient (Wildman–Crippen LogP) is 2.61. The van der Waals surface area contributed by atoms with Crippen LogP contribution < -0.4 is 5.73 Å². The van der Waals surface area contributed by atoms with Gasteiger partial charge in [-0.15, -0.1) is 0 Å². The Morgan fingerprint density at radius 3 is 2.80 bits per heavy atom. The summed E-state index contributed by atoms with van der Waals surface area (Å²) in [5.41, 5.74) is 5.89. The second-order valence-electron chi connectivity index (χ2n) is 3.15. The summed E-state index contributed by atoms with van der Waals surface area (Å²) in [5, 5.41) is 11.0. The SMILES string of the molecule is CC(N)/C=C/c1c(Cl)cccc1[N+](=O)[O-]. The average Bonchev–Trinajstić information content (AvgIpc) is 2.15. The van der Waals surface area contributed by atoms with Gasteiger partial charge in [0.2, 0.25) is 0 Å². The zero-order chi connectivity index (χ0) is 11.4. The molecule has 15 heavy (non-hydrogen) atoms. The summed E-state index contributed by atoms with van der Waals surface area (Å²) in [5.74, 6) is 0. The van der Waals surface area contributed by atoms with Gasteiger partial charge >= 0.3 is 0 Å². The van der Waals surface area contributed by atoms with Gasteiger partial charge in [-0.25, -0.2) is 0 Å². The van der Waals surface area contributed by atoms with E-state index in [4.69, 9.17) is 17.3 Å². The van der Waals surface area contributed by atoms with Crippen molar-refractivity contribution in [3.63, 3.8) is 0 Å². The first-order valence-electron chi connectivity index (χ1n) is 4.39. The number of nitrogens with zero attached hydrogens (tertiary/aromatic N) is 1. The monoisotopic (exact) mass is 226 g/mol. The highest BCUT2D eigenvalue weighted by molar-refractivity contribution is 6.32. The minimum Gasteiger partial charge on any atom is -0.325 e. The zero-order valence-corrected chi connectivity index (χ0v) is 8.94. The Hall–Kier alpha value is -1.39. The molecule has 1 aromatic carbocycles. The number of rotatable bonds is 3. The van der Waals surface area contributed by atoms with Crippen LogP contribution in [-0.2, 0) is 0 Å². The molecule has 0 aliphatic carbocycles. The molecular weight excluding hydrogens is 216 g/mol. The van der Waals surface area contributed by atoms with Crippen molar-refractivity contribution in [1.82, 2.24) is 0 Å². The molecule has 1 atom stereocenters. The van der Waals surface area contributed by atoms with Gasteiger partial charge in [0, 0.05) is 12.1 Å². The summed E-state index contributed by atoms with van der Waals surface area (Å²) >= 11 is 5.86. The molecule has 4 nitrogen and oxygen atoms in total. The fraction of sp³-hybridized carbons (Fsp3) is 0.200. The number of nitrogens with two attached hydrogens (primary N) is 1. The van der Waals surface area contributed by atoms with Crippen molar-refractivity contribution in [2.24, 2.45) is 5.73 Å². The van der Waals surface area contributed by atoms with Crippen molar-refractivity contribution in [1.29, 1.82) is 0 Å². The van der Waals surface area contributed by atoms with Crippen LogP contribution in [0.3, 0.4) is 0 Å². The number of nitro groups is 1. The lowest BCUT2D eigenvalue weighted by molar-refractivity contribution is -0.385. The third-order valence-electron chi connectivity index (χ3n) is 1.79. The van der Waals surface area contributed by atoms with E-state index in [-0.39, 0.29) is 11.7 Å². The summed E-state index contributed by atoms with van der Waals surface area (Å²) < 4.78 is 0. The van der Waals surface area contributed by atoms with Crippen LogP contribution in [0.4, 0.5) is 5.69 Å². The van der Waals surface area contributed by atoms with Crippen molar-refractivity contribution in [3.8, 4) is 0 Å². The molecule has 2 N–H and O–H groups in total. The van der Waals surface area contributed by atoms with Gasteiger partial charge in [-0.2, -0.15) is 0 Å². The van der Waals surface area contributed by atoms with Crippen LogP contribution in [0.5, 0.6) is 0 Å². The van der Waals surface area contributed by atoms with E-state index < -0.39 is 4.92 Å². The van der Waals surface area contributed by atoms with E-state index >= 15 is 0 Å². The van der Waals surface area contributed by atoms with Crippen LogP contribution in [0.2, 0.25) is 5.02 Å². The minimum atomic E-state index is -0.466. The topological polar surface area (TPSA) is 69.2 Å². The number of hydrogen-bond acceptors (Lipinski definition) is 3.